The van der Waals surface area contributed by atoms with Crippen LogP contribution >= 0.6 is 27.7 Å². The second-order valence-corrected chi connectivity index (χ2v) is 5.47. The first-order valence-electron chi connectivity index (χ1n) is 4.76. The van der Waals surface area contributed by atoms with E-state index in [9.17, 15) is 9.18 Å². The SMILES string of the molecule is O=C(c1cccc(F)c1Br)C1CCSC1. The molecule has 1 aliphatic rings. The summed E-state index contributed by atoms with van der Waals surface area (Å²) in [5, 5.41) is 0. The van der Waals surface area contributed by atoms with Gasteiger partial charge in [0.25, 0.3) is 0 Å². The van der Waals surface area contributed by atoms with Gasteiger partial charge in [-0.2, -0.15) is 11.8 Å². The zero-order valence-corrected chi connectivity index (χ0v) is 10.4. The summed E-state index contributed by atoms with van der Waals surface area (Å²) in [5.41, 5.74) is 0.475. The van der Waals surface area contributed by atoms with Gasteiger partial charge in [0.2, 0.25) is 0 Å². The average molecular weight is 289 g/mol. The molecule has 1 heterocycles. The lowest BCUT2D eigenvalue weighted by molar-refractivity contribution is 0.0932. The van der Waals surface area contributed by atoms with E-state index in [1.807, 2.05) is 0 Å². The Morgan fingerprint density at radius 1 is 1.53 bits per heavy atom. The van der Waals surface area contributed by atoms with Crippen molar-refractivity contribution >= 4 is 33.5 Å². The maximum absolute atomic E-state index is 13.2. The van der Waals surface area contributed by atoms with Crippen LogP contribution in [0.25, 0.3) is 0 Å². The van der Waals surface area contributed by atoms with E-state index in [1.54, 1.807) is 23.9 Å². The molecule has 0 saturated carbocycles. The number of Topliss-reactive ketones (excluding diaryl/α,β-unsaturated/α-hetero) is 1. The smallest absolute Gasteiger partial charge is 0.168 e. The molecule has 0 N–H and O–H groups in total. The highest BCUT2D eigenvalue weighted by atomic mass is 79.9. The van der Waals surface area contributed by atoms with Crippen molar-refractivity contribution < 1.29 is 9.18 Å². The molecule has 15 heavy (non-hydrogen) atoms. The van der Waals surface area contributed by atoms with Gasteiger partial charge in [-0.1, -0.05) is 12.1 Å². The van der Waals surface area contributed by atoms with Crippen LogP contribution in [0.3, 0.4) is 0 Å². The fourth-order valence-electron chi connectivity index (χ4n) is 1.66. The number of carbonyl (C=O) groups excluding carboxylic acids is 1. The van der Waals surface area contributed by atoms with E-state index >= 15 is 0 Å². The molecule has 1 aromatic carbocycles. The van der Waals surface area contributed by atoms with Crippen LogP contribution in [0.1, 0.15) is 16.8 Å². The second-order valence-electron chi connectivity index (χ2n) is 3.53. The highest BCUT2D eigenvalue weighted by molar-refractivity contribution is 9.10. The van der Waals surface area contributed by atoms with Crippen molar-refractivity contribution in [3.8, 4) is 0 Å². The van der Waals surface area contributed by atoms with Crippen molar-refractivity contribution in [3.05, 3.63) is 34.1 Å². The fraction of sp³-hybridized carbons (Fsp3) is 0.364. The van der Waals surface area contributed by atoms with Crippen molar-refractivity contribution in [2.75, 3.05) is 11.5 Å². The van der Waals surface area contributed by atoms with Crippen molar-refractivity contribution in [1.82, 2.24) is 0 Å². The van der Waals surface area contributed by atoms with Crippen LogP contribution < -0.4 is 0 Å². The van der Waals surface area contributed by atoms with Crippen molar-refractivity contribution in [3.63, 3.8) is 0 Å². The Labute approximate surface area is 101 Å². The number of ketones is 1. The van der Waals surface area contributed by atoms with Gasteiger partial charge in [-0.05, 0) is 34.2 Å². The van der Waals surface area contributed by atoms with Gasteiger partial charge in [-0.15, -0.1) is 0 Å². The number of halogens is 2. The van der Waals surface area contributed by atoms with Gasteiger partial charge < -0.3 is 0 Å². The van der Waals surface area contributed by atoms with Gasteiger partial charge in [0.15, 0.2) is 5.78 Å². The highest BCUT2D eigenvalue weighted by Crippen LogP contribution is 2.30. The minimum Gasteiger partial charge on any atom is -0.294 e. The van der Waals surface area contributed by atoms with Crippen LogP contribution in [-0.4, -0.2) is 17.3 Å². The number of benzene rings is 1. The van der Waals surface area contributed by atoms with Gasteiger partial charge in [-0.3, -0.25) is 4.79 Å². The van der Waals surface area contributed by atoms with Crippen LogP contribution in [0.2, 0.25) is 0 Å². The molecule has 1 aromatic rings. The van der Waals surface area contributed by atoms with Gasteiger partial charge >= 0.3 is 0 Å². The Morgan fingerprint density at radius 3 is 3.00 bits per heavy atom. The summed E-state index contributed by atoms with van der Waals surface area (Å²) in [4.78, 5) is 12.0. The summed E-state index contributed by atoms with van der Waals surface area (Å²) in [6.45, 7) is 0. The quantitative estimate of drug-likeness (QED) is 0.775. The number of carbonyl (C=O) groups is 1. The lowest BCUT2D eigenvalue weighted by atomic mass is 9.97. The van der Waals surface area contributed by atoms with Gasteiger partial charge in [0.05, 0.1) is 4.47 Å². The fourth-order valence-corrected chi connectivity index (χ4v) is 3.34. The summed E-state index contributed by atoms with van der Waals surface area (Å²) in [6, 6.07) is 4.61. The van der Waals surface area contributed by atoms with E-state index in [1.165, 1.54) is 6.07 Å². The molecule has 1 atom stereocenters. The van der Waals surface area contributed by atoms with Gasteiger partial charge in [-0.25, -0.2) is 4.39 Å². The van der Waals surface area contributed by atoms with Crippen molar-refractivity contribution in [2.24, 2.45) is 5.92 Å². The first-order chi connectivity index (χ1) is 7.20. The first-order valence-corrected chi connectivity index (χ1v) is 6.71. The molecule has 0 amide bonds. The molecule has 4 heteroatoms. The molecule has 0 aromatic heterocycles. The van der Waals surface area contributed by atoms with E-state index in [0.717, 1.165) is 17.9 Å². The summed E-state index contributed by atoms with van der Waals surface area (Å²) >= 11 is 4.91. The Hall–Kier alpha value is -0.350. The molecule has 80 valence electrons. The summed E-state index contributed by atoms with van der Waals surface area (Å²) in [5.74, 6) is 1.65. The molecule has 2 rings (SSSR count). The molecule has 1 unspecified atom stereocenters. The van der Waals surface area contributed by atoms with Gasteiger partial charge in [0, 0.05) is 17.2 Å². The second kappa shape index (κ2) is 4.66. The van der Waals surface area contributed by atoms with E-state index in [0.29, 0.717) is 10.0 Å². The number of thioether (sulfide) groups is 1. The normalized spacial score (nSPS) is 20.5. The molecule has 1 nitrogen and oxygen atoms in total. The summed E-state index contributed by atoms with van der Waals surface area (Å²) in [7, 11) is 0. The molecule has 0 bridgehead atoms. The molecule has 1 saturated heterocycles. The molecule has 0 radical (unpaired) electrons. The van der Waals surface area contributed by atoms with Crippen molar-refractivity contribution in [2.45, 2.75) is 6.42 Å². The molecule has 1 fully saturated rings. The highest BCUT2D eigenvalue weighted by Gasteiger charge is 2.26. The van der Waals surface area contributed by atoms with E-state index in [4.69, 9.17) is 0 Å². The monoisotopic (exact) mass is 288 g/mol. The predicted octanol–water partition coefficient (Wildman–Crippen LogP) is 3.52. The third kappa shape index (κ3) is 2.26. The maximum atomic E-state index is 13.2. The maximum Gasteiger partial charge on any atom is 0.168 e. The van der Waals surface area contributed by atoms with Crippen LogP contribution in [0, 0.1) is 11.7 Å². The van der Waals surface area contributed by atoms with Crippen LogP contribution in [-0.2, 0) is 0 Å². The summed E-state index contributed by atoms with van der Waals surface area (Å²) in [6.07, 6.45) is 0.909. The number of hydrogen-bond donors (Lipinski definition) is 0. The van der Waals surface area contributed by atoms with Crippen LogP contribution in [0.15, 0.2) is 22.7 Å². The van der Waals surface area contributed by atoms with Gasteiger partial charge in [0.1, 0.15) is 5.82 Å². The standard InChI is InChI=1S/C11H10BrFOS/c12-10-8(2-1-3-9(10)13)11(14)7-4-5-15-6-7/h1-3,7H,4-6H2. The largest absolute Gasteiger partial charge is 0.294 e. The molecule has 1 aliphatic heterocycles. The van der Waals surface area contributed by atoms with Crippen molar-refractivity contribution in [1.29, 1.82) is 0 Å². The number of rotatable bonds is 2. The zero-order chi connectivity index (χ0) is 10.8. The Balaban J connectivity index is 2.28. The Bertz CT molecular complexity index is 388. The van der Waals surface area contributed by atoms with Crippen LogP contribution in [0.5, 0.6) is 0 Å². The first kappa shape index (κ1) is 11.1. The Morgan fingerprint density at radius 2 is 2.33 bits per heavy atom. The third-order valence-electron chi connectivity index (χ3n) is 2.52. The lowest BCUT2D eigenvalue weighted by Gasteiger charge is -2.09. The van der Waals surface area contributed by atoms with E-state index in [-0.39, 0.29) is 17.5 Å². The van der Waals surface area contributed by atoms with E-state index in [2.05, 4.69) is 15.9 Å². The zero-order valence-electron chi connectivity index (χ0n) is 8.00. The molecular formula is C11H10BrFOS. The molecule has 0 spiro atoms. The van der Waals surface area contributed by atoms with E-state index < -0.39 is 0 Å². The number of hydrogen-bond acceptors (Lipinski definition) is 2. The predicted molar refractivity (Wildman–Crippen MR) is 63.9 cm³/mol. The lowest BCUT2D eigenvalue weighted by Crippen LogP contribution is -2.14. The summed E-state index contributed by atoms with van der Waals surface area (Å²) < 4.78 is 13.5. The molecule has 0 aliphatic carbocycles. The Kier molecular flexibility index (Phi) is 3.46. The molecular weight excluding hydrogens is 279 g/mol. The third-order valence-corrected chi connectivity index (χ3v) is 4.49. The average Bonchev–Trinajstić information content (AvgIpc) is 2.74. The minimum absolute atomic E-state index is 0.0615. The minimum atomic E-state index is -0.369. The van der Waals surface area contributed by atoms with Crippen LogP contribution in [0.4, 0.5) is 4.39 Å². The topological polar surface area (TPSA) is 17.1 Å².